The molecule has 0 radical (unpaired) electrons. The maximum Gasteiger partial charge on any atom is 0.303 e. The Hall–Kier alpha value is -1.52. The van der Waals surface area contributed by atoms with E-state index in [0.29, 0.717) is 40.2 Å². The SMILES string of the molecule is O=C(O)CCCCn1ccc2c(Cl)cc(Cl)cc2c1=O. The van der Waals surface area contributed by atoms with Gasteiger partial charge in [0.15, 0.2) is 0 Å². The summed E-state index contributed by atoms with van der Waals surface area (Å²) in [5.41, 5.74) is -0.165. The molecule has 2 aromatic rings. The first-order chi connectivity index (χ1) is 9.49. The monoisotopic (exact) mass is 313 g/mol. The molecule has 0 aliphatic carbocycles. The van der Waals surface area contributed by atoms with Crippen molar-refractivity contribution in [2.45, 2.75) is 25.8 Å². The fourth-order valence-electron chi connectivity index (χ4n) is 2.05. The Morgan fingerprint density at radius 1 is 1.20 bits per heavy atom. The van der Waals surface area contributed by atoms with Crippen LogP contribution in [0, 0.1) is 0 Å². The third-order valence-corrected chi connectivity index (χ3v) is 3.58. The molecule has 0 saturated heterocycles. The van der Waals surface area contributed by atoms with E-state index < -0.39 is 5.97 Å². The number of fused-ring (bicyclic) bond motifs is 1. The number of hydrogen-bond acceptors (Lipinski definition) is 2. The van der Waals surface area contributed by atoms with E-state index in [0.717, 1.165) is 0 Å². The zero-order chi connectivity index (χ0) is 14.7. The van der Waals surface area contributed by atoms with E-state index >= 15 is 0 Å². The van der Waals surface area contributed by atoms with Crippen LogP contribution in [0.3, 0.4) is 0 Å². The van der Waals surface area contributed by atoms with Gasteiger partial charge in [0.2, 0.25) is 0 Å². The minimum Gasteiger partial charge on any atom is -0.481 e. The van der Waals surface area contributed by atoms with Crippen molar-refractivity contribution in [1.29, 1.82) is 0 Å². The van der Waals surface area contributed by atoms with Gasteiger partial charge < -0.3 is 9.67 Å². The van der Waals surface area contributed by atoms with Crippen LogP contribution in [0.25, 0.3) is 10.8 Å². The molecule has 4 nitrogen and oxygen atoms in total. The summed E-state index contributed by atoms with van der Waals surface area (Å²) in [5, 5.41) is 10.6. The quantitative estimate of drug-likeness (QED) is 0.858. The van der Waals surface area contributed by atoms with Gasteiger partial charge in [0.25, 0.3) is 5.56 Å². The Morgan fingerprint density at radius 2 is 1.95 bits per heavy atom. The molecular weight excluding hydrogens is 301 g/mol. The van der Waals surface area contributed by atoms with Crippen LogP contribution in [0.4, 0.5) is 0 Å². The number of aliphatic carboxylic acids is 1. The largest absolute Gasteiger partial charge is 0.481 e. The molecule has 0 fully saturated rings. The summed E-state index contributed by atoms with van der Waals surface area (Å²) in [6, 6.07) is 4.97. The van der Waals surface area contributed by atoms with Gasteiger partial charge in [-0.15, -0.1) is 0 Å². The van der Waals surface area contributed by atoms with Gasteiger partial charge in [-0.25, -0.2) is 0 Å². The highest BCUT2D eigenvalue weighted by molar-refractivity contribution is 6.38. The van der Waals surface area contributed by atoms with Crippen molar-refractivity contribution in [2.24, 2.45) is 0 Å². The maximum atomic E-state index is 12.3. The van der Waals surface area contributed by atoms with E-state index in [9.17, 15) is 9.59 Å². The Labute approximate surface area is 125 Å². The van der Waals surface area contributed by atoms with E-state index in [2.05, 4.69) is 0 Å². The third-order valence-electron chi connectivity index (χ3n) is 3.05. The minimum absolute atomic E-state index is 0.111. The van der Waals surface area contributed by atoms with Crippen molar-refractivity contribution in [3.8, 4) is 0 Å². The highest BCUT2D eigenvalue weighted by Crippen LogP contribution is 2.25. The summed E-state index contributed by atoms with van der Waals surface area (Å²) in [6.07, 6.45) is 2.95. The number of nitrogens with zero attached hydrogens (tertiary/aromatic N) is 1. The summed E-state index contributed by atoms with van der Waals surface area (Å²) < 4.78 is 1.55. The van der Waals surface area contributed by atoms with Gasteiger partial charge in [0, 0.05) is 29.6 Å². The molecule has 1 heterocycles. The van der Waals surface area contributed by atoms with Crippen molar-refractivity contribution >= 4 is 39.9 Å². The number of carbonyl (C=O) groups is 1. The van der Waals surface area contributed by atoms with E-state index in [1.807, 2.05) is 0 Å². The highest BCUT2D eigenvalue weighted by atomic mass is 35.5. The van der Waals surface area contributed by atoms with Gasteiger partial charge in [0.05, 0.1) is 10.4 Å². The molecule has 0 saturated carbocycles. The Kier molecular flexibility index (Phi) is 4.68. The molecule has 0 spiro atoms. The second kappa shape index (κ2) is 6.29. The topological polar surface area (TPSA) is 59.3 Å². The first-order valence-corrected chi connectivity index (χ1v) is 6.94. The summed E-state index contributed by atoms with van der Waals surface area (Å²) >= 11 is 12.0. The number of aryl methyl sites for hydroxylation is 1. The molecule has 1 aromatic heterocycles. The van der Waals surface area contributed by atoms with Crippen molar-refractivity contribution in [3.05, 3.63) is 44.8 Å². The molecule has 2 rings (SSSR count). The predicted octanol–water partition coefficient (Wildman–Crippen LogP) is 3.56. The molecule has 0 amide bonds. The lowest BCUT2D eigenvalue weighted by Crippen LogP contribution is -2.19. The summed E-state index contributed by atoms with van der Waals surface area (Å²) in [7, 11) is 0. The predicted molar refractivity (Wildman–Crippen MR) is 79.7 cm³/mol. The fourth-order valence-corrected chi connectivity index (χ4v) is 2.61. The maximum absolute atomic E-state index is 12.3. The zero-order valence-corrected chi connectivity index (χ0v) is 12.1. The number of unbranched alkanes of at least 4 members (excludes halogenated alkanes) is 1. The van der Waals surface area contributed by atoms with Crippen molar-refractivity contribution in [3.63, 3.8) is 0 Å². The number of hydrogen-bond donors (Lipinski definition) is 1. The summed E-state index contributed by atoms with van der Waals surface area (Å²) in [4.78, 5) is 22.7. The molecular formula is C14H13Cl2NO3. The van der Waals surface area contributed by atoms with E-state index in [4.69, 9.17) is 28.3 Å². The highest BCUT2D eigenvalue weighted by Gasteiger charge is 2.07. The number of carboxylic acids is 1. The summed E-state index contributed by atoms with van der Waals surface area (Å²) in [6.45, 7) is 0.478. The lowest BCUT2D eigenvalue weighted by molar-refractivity contribution is -0.137. The van der Waals surface area contributed by atoms with Crippen molar-refractivity contribution < 1.29 is 9.90 Å². The first kappa shape index (κ1) is 14.9. The molecule has 1 N–H and O–H groups in total. The van der Waals surface area contributed by atoms with Crippen molar-refractivity contribution in [1.82, 2.24) is 4.57 Å². The number of halogens is 2. The lowest BCUT2D eigenvalue weighted by atomic mass is 10.1. The standard InChI is InChI=1S/C14H13Cl2NO3/c15-9-7-11-10(12(16)8-9)4-6-17(14(11)20)5-2-1-3-13(18)19/h4,6-8H,1-3,5H2,(H,18,19). The zero-order valence-electron chi connectivity index (χ0n) is 10.6. The average Bonchev–Trinajstić information content (AvgIpc) is 2.37. The Balaban J connectivity index is 2.26. The second-order valence-corrected chi connectivity index (χ2v) is 5.36. The number of pyridine rings is 1. The lowest BCUT2D eigenvalue weighted by Gasteiger charge is -2.08. The fraction of sp³-hybridized carbons (Fsp3) is 0.286. The van der Waals surface area contributed by atoms with E-state index in [1.54, 1.807) is 29.0 Å². The molecule has 106 valence electrons. The average molecular weight is 314 g/mol. The molecule has 0 unspecified atom stereocenters. The van der Waals surface area contributed by atoms with Crippen LogP contribution in [-0.2, 0) is 11.3 Å². The van der Waals surface area contributed by atoms with Gasteiger partial charge in [-0.2, -0.15) is 0 Å². The molecule has 0 aliphatic rings. The van der Waals surface area contributed by atoms with Crippen molar-refractivity contribution in [2.75, 3.05) is 0 Å². The Morgan fingerprint density at radius 3 is 2.65 bits per heavy atom. The molecule has 0 aliphatic heterocycles. The molecule has 6 heteroatoms. The molecule has 1 aromatic carbocycles. The number of carboxylic acid groups (broad SMARTS) is 1. The number of rotatable bonds is 5. The smallest absolute Gasteiger partial charge is 0.303 e. The minimum atomic E-state index is -0.825. The van der Waals surface area contributed by atoms with Crippen LogP contribution in [0.2, 0.25) is 10.0 Å². The molecule has 0 atom stereocenters. The number of benzene rings is 1. The second-order valence-electron chi connectivity index (χ2n) is 4.51. The van der Waals surface area contributed by atoms with E-state index in [-0.39, 0.29) is 12.0 Å². The van der Waals surface area contributed by atoms with Gasteiger partial charge >= 0.3 is 5.97 Å². The van der Waals surface area contributed by atoms with Crippen LogP contribution in [0.5, 0.6) is 0 Å². The van der Waals surface area contributed by atoms with Crippen LogP contribution in [-0.4, -0.2) is 15.6 Å². The van der Waals surface area contributed by atoms with Crippen LogP contribution in [0.15, 0.2) is 29.2 Å². The Bertz CT molecular complexity index is 709. The van der Waals surface area contributed by atoms with E-state index in [1.165, 1.54) is 0 Å². The normalized spacial score (nSPS) is 10.9. The summed E-state index contributed by atoms with van der Waals surface area (Å²) in [5.74, 6) is -0.825. The van der Waals surface area contributed by atoms with Crippen LogP contribution < -0.4 is 5.56 Å². The van der Waals surface area contributed by atoms with Crippen LogP contribution in [0.1, 0.15) is 19.3 Å². The van der Waals surface area contributed by atoms with Gasteiger partial charge in [-0.1, -0.05) is 23.2 Å². The van der Waals surface area contributed by atoms with Crippen LogP contribution >= 0.6 is 23.2 Å². The number of aromatic nitrogens is 1. The van der Waals surface area contributed by atoms with Gasteiger partial charge in [-0.05, 0) is 31.0 Å². The molecule has 20 heavy (non-hydrogen) atoms. The first-order valence-electron chi connectivity index (χ1n) is 6.19. The van der Waals surface area contributed by atoms with Gasteiger partial charge in [-0.3, -0.25) is 9.59 Å². The molecule has 0 bridgehead atoms. The van der Waals surface area contributed by atoms with Gasteiger partial charge in [0.1, 0.15) is 0 Å². The third kappa shape index (κ3) is 3.32.